The summed E-state index contributed by atoms with van der Waals surface area (Å²) < 4.78 is 0. The van der Waals surface area contributed by atoms with E-state index >= 15 is 0 Å². The van der Waals surface area contributed by atoms with Crippen LogP contribution < -0.4 is 5.32 Å². The van der Waals surface area contributed by atoms with Gasteiger partial charge in [-0.2, -0.15) is 0 Å². The van der Waals surface area contributed by atoms with Crippen molar-refractivity contribution in [2.75, 3.05) is 20.1 Å². The molecule has 0 radical (unpaired) electrons. The first-order valence-electron chi connectivity index (χ1n) is 6.39. The van der Waals surface area contributed by atoms with Crippen LogP contribution in [0.2, 0.25) is 5.02 Å². The number of nitrogens with one attached hydrogen (secondary N) is 1. The van der Waals surface area contributed by atoms with Gasteiger partial charge in [0.05, 0.1) is 13.1 Å². The summed E-state index contributed by atoms with van der Waals surface area (Å²) in [5, 5.41) is 13.5. The van der Waals surface area contributed by atoms with Gasteiger partial charge in [-0.15, -0.1) is 0 Å². The molecule has 0 saturated heterocycles. The highest BCUT2D eigenvalue weighted by Crippen LogP contribution is 2.22. The molecule has 0 aliphatic rings. The van der Waals surface area contributed by atoms with E-state index in [1.54, 1.807) is 31.2 Å². The lowest BCUT2D eigenvalue weighted by Crippen LogP contribution is -2.43. The molecule has 0 aliphatic heterocycles. The van der Waals surface area contributed by atoms with Crippen LogP contribution in [0.15, 0.2) is 36.9 Å². The second-order valence-electron chi connectivity index (χ2n) is 4.96. The molecule has 5 nitrogen and oxygen atoms in total. The third-order valence-electron chi connectivity index (χ3n) is 3.01. The number of carbonyl (C=O) groups is 2. The fourth-order valence-corrected chi connectivity index (χ4v) is 1.89. The molecule has 0 saturated carbocycles. The standard InChI is InChI=1S/C15H19ClN2O3/c1-4-14(20)18(3)9-13(19)17-10-15(2,21)11-6-5-7-12(16)8-11/h4-8,21H,1,9-10H2,2-3H3,(H,17,19). The Hall–Kier alpha value is -1.85. The number of amides is 2. The number of carbonyl (C=O) groups excluding carboxylic acids is 2. The van der Waals surface area contributed by atoms with Crippen LogP contribution in [0.1, 0.15) is 12.5 Å². The monoisotopic (exact) mass is 310 g/mol. The molecule has 0 heterocycles. The third kappa shape index (κ3) is 5.21. The van der Waals surface area contributed by atoms with Gasteiger partial charge in [0.1, 0.15) is 5.60 Å². The molecule has 1 aromatic carbocycles. The smallest absolute Gasteiger partial charge is 0.246 e. The summed E-state index contributed by atoms with van der Waals surface area (Å²) in [5.74, 6) is -0.707. The molecule has 0 aromatic heterocycles. The van der Waals surface area contributed by atoms with Crippen molar-refractivity contribution in [3.05, 3.63) is 47.5 Å². The van der Waals surface area contributed by atoms with Gasteiger partial charge in [0.25, 0.3) is 0 Å². The van der Waals surface area contributed by atoms with Crippen LogP contribution in [0.25, 0.3) is 0 Å². The van der Waals surface area contributed by atoms with Crippen LogP contribution >= 0.6 is 11.6 Å². The Labute approximate surface area is 129 Å². The quantitative estimate of drug-likeness (QED) is 0.778. The Balaban J connectivity index is 2.59. The van der Waals surface area contributed by atoms with Crippen molar-refractivity contribution in [1.29, 1.82) is 0 Å². The van der Waals surface area contributed by atoms with E-state index in [2.05, 4.69) is 11.9 Å². The molecular weight excluding hydrogens is 292 g/mol. The zero-order valence-electron chi connectivity index (χ0n) is 12.1. The summed E-state index contributed by atoms with van der Waals surface area (Å²) in [6, 6.07) is 6.80. The number of aliphatic hydroxyl groups is 1. The Kier molecular flexibility index (Phi) is 5.93. The molecule has 1 atom stereocenters. The van der Waals surface area contributed by atoms with Gasteiger partial charge in [-0.25, -0.2) is 0 Å². The minimum Gasteiger partial charge on any atom is -0.384 e. The SMILES string of the molecule is C=CC(=O)N(C)CC(=O)NCC(C)(O)c1cccc(Cl)c1. The minimum atomic E-state index is -1.25. The molecule has 114 valence electrons. The second-order valence-corrected chi connectivity index (χ2v) is 5.40. The van der Waals surface area contributed by atoms with E-state index in [0.29, 0.717) is 10.6 Å². The number of hydrogen-bond acceptors (Lipinski definition) is 3. The van der Waals surface area contributed by atoms with Gasteiger partial charge >= 0.3 is 0 Å². The molecule has 0 fully saturated rings. The Morgan fingerprint density at radius 2 is 2.19 bits per heavy atom. The molecule has 1 aromatic rings. The molecule has 2 amide bonds. The van der Waals surface area contributed by atoms with E-state index in [1.165, 1.54) is 11.9 Å². The Morgan fingerprint density at radius 3 is 2.76 bits per heavy atom. The zero-order chi connectivity index (χ0) is 16.0. The summed E-state index contributed by atoms with van der Waals surface area (Å²) in [4.78, 5) is 24.2. The zero-order valence-corrected chi connectivity index (χ0v) is 12.9. The van der Waals surface area contributed by atoms with Crippen molar-refractivity contribution in [1.82, 2.24) is 10.2 Å². The first kappa shape index (κ1) is 17.2. The van der Waals surface area contributed by atoms with Crippen molar-refractivity contribution in [3.63, 3.8) is 0 Å². The number of halogens is 1. The van der Waals surface area contributed by atoms with Crippen LogP contribution in [-0.2, 0) is 15.2 Å². The molecule has 6 heteroatoms. The van der Waals surface area contributed by atoms with Crippen LogP contribution in [0.4, 0.5) is 0 Å². The van der Waals surface area contributed by atoms with Gasteiger partial charge in [-0.05, 0) is 30.7 Å². The normalized spacial score (nSPS) is 13.1. The topological polar surface area (TPSA) is 69.6 Å². The van der Waals surface area contributed by atoms with Crippen molar-refractivity contribution < 1.29 is 14.7 Å². The number of rotatable bonds is 6. The lowest BCUT2D eigenvalue weighted by molar-refractivity contribution is -0.131. The first-order valence-corrected chi connectivity index (χ1v) is 6.76. The average Bonchev–Trinajstić information content (AvgIpc) is 2.44. The predicted octanol–water partition coefficient (Wildman–Crippen LogP) is 1.31. The number of likely N-dealkylation sites (N-methyl/N-ethyl adjacent to an activating group) is 1. The van der Waals surface area contributed by atoms with Gasteiger partial charge in [0, 0.05) is 12.1 Å². The van der Waals surface area contributed by atoms with Gasteiger partial charge in [-0.1, -0.05) is 30.3 Å². The largest absolute Gasteiger partial charge is 0.384 e. The molecule has 0 aliphatic carbocycles. The summed E-state index contributed by atoms with van der Waals surface area (Å²) >= 11 is 5.88. The summed E-state index contributed by atoms with van der Waals surface area (Å²) in [5.41, 5.74) is -0.646. The predicted molar refractivity (Wildman–Crippen MR) is 81.9 cm³/mol. The highest BCUT2D eigenvalue weighted by molar-refractivity contribution is 6.30. The molecular formula is C15H19ClN2O3. The van der Waals surface area contributed by atoms with E-state index in [-0.39, 0.29) is 24.9 Å². The molecule has 1 rings (SSSR count). The van der Waals surface area contributed by atoms with Gasteiger partial charge in [0.2, 0.25) is 11.8 Å². The Morgan fingerprint density at radius 1 is 1.52 bits per heavy atom. The van der Waals surface area contributed by atoms with Crippen LogP contribution in [0, 0.1) is 0 Å². The maximum atomic E-state index is 11.7. The first-order chi connectivity index (χ1) is 9.76. The molecule has 0 spiro atoms. The molecule has 2 N–H and O–H groups in total. The van der Waals surface area contributed by atoms with E-state index in [4.69, 9.17) is 11.6 Å². The molecule has 0 bridgehead atoms. The molecule has 21 heavy (non-hydrogen) atoms. The summed E-state index contributed by atoms with van der Waals surface area (Å²) in [6.45, 7) is 4.84. The van der Waals surface area contributed by atoms with Crippen molar-refractivity contribution in [2.45, 2.75) is 12.5 Å². The average molecular weight is 311 g/mol. The van der Waals surface area contributed by atoms with Crippen molar-refractivity contribution in [2.24, 2.45) is 0 Å². The molecule has 1 unspecified atom stereocenters. The lowest BCUT2D eigenvalue weighted by Gasteiger charge is -2.25. The van der Waals surface area contributed by atoms with Gasteiger partial charge in [-0.3, -0.25) is 9.59 Å². The van der Waals surface area contributed by atoms with E-state index in [1.807, 2.05) is 0 Å². The highest BCUT2D eigenvalue weighted by atomic mass is 35.5. The number of benzene rings is 1. The van der Waals surface area contributed by atoms with Gasteiger partial charge < -0.3 is 15.3 Å². The Bertz CT molecular complexity index is 543. The van der Waals surface area contributed by atoms with Crippen molar-refractivity contribution >= 4 is 23.4 Å². The highest BCUT2D eigenvalue weighted by Gasteiger charge is 2.24. The van der Waals surface area contributed by atoms with Crippen molar-refractivity contribution in [3.8, 4) is 0 Å². The van der Waals surface area contributed by atoms with Crippen LogP contribution in [0.3, 0.4) is 0 Å². The van der Waals surface area contributed by atoms with E-state index < -0.39 is 5.60 Å². The maximum absolute atomic E-state index is 11.7. The fraction of sp³-hybridized carbons (Fsp3) is 0.333. The summed E-state index contributed by atoms with van der Waals surface area (Å²) in [6.07, 6.45) is 1.13. The van der Waals surface area contributed by atoms with Crippen LogP contribution in [0.5, 0.6) is 0 Å². The summed E-state index contributed by atoms with van der Waals surface area (Å²) in [7, 11) is 1.50. The number of nitrogens with zero attached hydrogens (tertiary/aromatic N) is 1. The third-order valence-corrected chi connectivity index (χ3v) is 3.24. The second kappa shape index (κ2) is 7.24. The number of hydrogen-bond donors (Lipinski definition) is 2. The maximum Gasteiger partial charge on any atom is 0.246 e. The van der Waals surface area contributed by atoms with E-state index in [0.717, 1.165) is 6.08 Å². The lowest BCUT2D eigenvalue weighted by atomic mass is 9.96. The van der Waals surface area contributed by atoms with Gasteiger partial charge in [0.15, 0.2) is 0 Å². The van der Waals surface area contributed by atoms with Crippen LogP contribution in [-0.4, -0.2) is 42.0 Å². The fourth-order valence-electron chi connectivity index (χ4n) is 1.70. The van der Waals surface area contributed by atoms with E-state index in [9.17, 15) is 14.7 Å². The minimum absolute atomic E-state index is 0.0162.